The summed E-state index contributed by atoms with van der Waals surface area (Å²) in [4.78, 5) is 15.2. The maximum absolute atomic E-state index is 11.4. The number of hydrogen-bond acceptors (Lipinski definition) is 5. The molecule has 0 aliphatic rings. The zero-order valence-corrected chi connectivity index (χ0v) is 13.2. The molecule has 122 valence electrons. The average molecular weight is 323 g/mol. The largest absolute Gasteiger partial charge is 0.492 e. The first-order chi connectivity index (χ1) is 11.6. The van der Waals surface area contributed by atoms with Crippen LogP contribution in [0.25, 0.3) is 10.9 Å². The molecule has 0 aliphatic carbocycles. The fraction of sp³-hybridized carbons (Fsp3) is 0.167. The number of ether oxygens (including phenoxy) is 1. The van der Waals surface area contributed by atoms with Gasteiger partial charge in [-0.15, -0.1) is 0 Å². The van der Waals surface area contributed by atoms with Crippen molar-refractivity contribution in [2.75, 3.05) is 18.5 Å². The van der Waals surface area contributed by atoms with Crippen molar-refractivity contribution in [3.63, 3.8) is 0 Å². The van der Waals surface area contributed by atoms with Gasteiger partial charge in [-0.3, -0.25) is 15.1 Å². The zero-order valence-electron chi connectivity index (χ0n) is 13.2. The maximum atomic E-state index is 11.4. The molecule has 0 radical (unpaired) electrons. The van der Waals surface area contributed by atoms with Gasteiger partial charge in [0.1, 0.15) is 18.0 Å². The number of nitrogens with zero attached hydrogens (tertiary/aromatic N) is 2. The van der Waals surface area contributed by atoms with Crippen LogP contribution in [0.15, 0.2) is 54.7 Å². The number of fused-ring (bicyclic) bond motifs is 1. The Morgan fingerprint density at radius 1 is 1.21 bits per heavy atom. The summed E-state index contributed by atoms with van der Waals surface area (Å²) >= 11 is 0. The zero-order chi connectivity index (χ0) is 16.9. The molecule has 6 nitrogen and oxygen atoms in total. The van der Waals surface area contributed by atoms with Crippen LogP contribution in [0.1, 0.15) is 5.56 Å². The van der Waals surface area contributed by atoms with Crippen molar-refractivity contribution in [2.24, 2.45) is 0 Å². The lowest BCUT2D eigenvalue weighted by molar-refractivity contribution is -0.382. The Morgan fingerprint density at radius 2 is 2.08 bits per heavy atom. The van der Waals surface area contributed by atoms with Crippen molar-refractivity contribution in [3.05, 3.63) is 70.4 Å². The van der Waals surface area contributed by atoms with Crippen LogP contribution < -0.4 is 10.1 Å². The third-order valence-electron chi connectivity index (χ3n) is 3.61. The smallest absolute Gasteiger partial charge is 0.301 e. The molecule has 2 aromatic carbocycles. The molecule has 0 atom stereocenters. The molecule has 24 heavy (non-hydrogen) atoms. The molecule has 0 spiro atoms. The van der Waals surface area contributed by atoms with E-state index in [1.165, 1.54) is 0 Å². The molecule has 6 heteroatoms. The summed E-state index contributed by atoms with van der Waals surface area (Å²) in [6.45, 7) is 2.86. The van der Waals surface area contributed by atoms with E-state index in [1.807, 2.05) is 31.2 Å². The number of benzene rings is 2. The van der Waals surface area contributed by atoms with E-state index >= 15 is 0 Å². The first kappa shape index (κ1) is 15.7. The minimum absolute atomic E-state index is 0.0381. The molecule has 1 N–H and O–H groups in total. The van der Waals surface area contributed by atoms with Crippen LogP contribution in [-0.2, 0) is 0 Å². The van der Waals surface area contributed by atoms with Crippen molar-refractivity contribution in [2.45, 2.75) is 6.92 Å². The summed E-state index contributed by atoms with van der Waals surface area (Å²) in [6.07, 6.45) is 1.62. The quantitative estimate of drug-likeness (QED) is 0.422. The van der Waals surface area contributed by atoms with Crippen LogP contribution in [0.5, 0.6) is 5.75 Å². The van der Waals surface area contributed by atoms with E-state index in [0.29, 0.717) is 29.7 Å². The van der Waals surface area contributed by atoms with Crippen molar-refractivity contribution in [1.29, 1.82) is 0 Å². The highest BCUT2D eigenvalue weighted by Gasteiger charge is 2.18. The number of aryl methyl sites for hydroxylation is 1. The van der Waals surface area contributed by atoms with E-state index in [2.05, 4.69) is 10.3 Å². The standard InChI is InChI=1S/C18H17N3O3/c1-13-4-2-5-14(12-13)24-11-10-20-17-8-7-16-15(6-3-9-19-16)18(17)21(22)23/h2-9,12,20H,10-11H2,1H3. The summed E-state index contributed by atoms with van der Waals surface area (Å²) < 4.78 is 5.65. The first-order valence-electron chi connectivity index (χ1n) is 7.60. The molecular formula is C18H17N3O3. The fourth-order valence-corrected chi connectivity index (χ4v) is 2.54. The summed E-state index contributed by atoms with van der Waals surface area (Å²) in [5.41, 5.74) is 2.23. The Hall–Kier alpha value is -3.15. The number of nitro benzene ring substituents is 1. The molecular weight excluding hydrogens is 306 g/mol. The second-order valence-corrected chi connectivity index (χ2v) is 5.38. The predicted octanol–water partition coefficient (Wildman–Crippen LogP) is 3.94. The number of rotatable bonds is 6. The SMILES string of the molecule is Cc1cccc(OCCNc2ccc3ncccc3c2[N+](=O)[O-])c1. The Kier molecular flexibility index (Phi) is 4.56. The van der Waals surface area contributed by atoms with E-state index in [0.717, 1.165) is 11.3 Å². The molecule has 0 fully saturated rings. The van der Waals surface area contributed by atoms with Gasteiger partial charge in [-0.25, -0.2) is 0 Å². The van der Waals surface area contributed by atoms with Gasteiger partial charge >= 0.3 is 5.69 Å². The molecule has 0 aliphatic heterocycles. The maximum Gasteiger partial charge on any atom is 0.301 e. The Labute approximate surface area is 139 Å². The van der Waals surface area contributed by atoms with Gasteiger partial charge in [-0.2, -0.15) is 0 Å². The van der Waals surface area contributed by atoms with Crippen LogP contribution in [0.4, 0.5) is 11.4 Å². The molecule has 0 bridgehead atoms. The average Bonchev–Trinajstić information content (AvgIpc) is 2.58. The number of aromatic nitrogens is 1. The molecule has 0 saturated carbocycles. The minimum atomic E-state index is -0.381. The van der Waals surface area contributed by atoms with Crippen molar-refractivity contribution in [3.8, 4) is 5.75 Å². The number of nitrogens with one attached hydrogen (secondary N) is 1. The summed E-state index contributed by atoms with van der Waals surface area (Å²) in [5.74, 6) is 0.786. The van der Waals surface area contributed by atoms with Gasteiger partial charge in [-0.1, -0.05) is 12.1 Å². The van der Waals surface area contributed by atoms with Gasteiger partial charge in [0, 0.05) is 12.7 Å². The lowest BCUT2D eigenvalue weighted by atomic mass is 10.1. The predicted molar refractivity (Wildman–Crippen MR) is 93.6 cm³/mol. The van der Waals surface area contributed by atoms with Crippen LogP contribution in [0.2, 0.25) is 0 Å². The van der Waals surface area contributed by atoms with Crippen LogP contribution in [-0.4, -0.2) is 23.1 Å². The Bertz CT molecular complexity index is 880. The second-order valence-electron chi connectivity index (χ2n) is 5.38. The Balaban J connectivity index is 1.71. The summed E-state index contributed by atoms with van der Waals surface area (Å²) in [7, 11) is 0. The third kappa shape index (κ3) is 3.43. The highest BCUT2D eigenvalue weighted by Crippen LogP contribution is 2.32. The van der Waals surface area contributed by atoms with E-state index < -0.39 is 0 Å². The molecule has 1 heterocycles. The minimum Gasteiger partial charge on any atom is -0.492 e. The van der Waals surface area contributed by atoms with Gasteiger partial charge < -0.3 is 10.1 Å². The topological polar surface area (TPSA) is 77.3 Å². The second kappa shape index (κ2) is 6.95. The monoisotopic (exact) mass is 323 g/mol. The van der Waals surface area contributed by atoms with E-state index in [4.69, 9.17) is 4.74 Å². The molecule has 0 saturated heterocycles. The Morgan fingerprint density at radius 3 is 2.88 bits per heavy atom. The highest BCUT2D eigenvalue weighted by molar-refractivity contribution is 5.94. The van der Waals surface area contributed by atoms with Crippen LogP contribution in [0.3, 0.4) is 0 Å². The number of hydrogen-bond donors (Lipinski definition) is 1. The van der Waals surface area contributed by atoms with Gasteiger partial charge in [0.25, 0.3) is 0 Å². The number of pyridine rings is 1. The molecule has 0 amide bonds. The van der Waals surface area contributed by atoms with Gasteiger partial charge in [-0.05, 0) is 48.9 Å². The number of anilines is 1. The van der Waals surface area contributed by atoms with Gasteiger partial charge in [0.2, 0.25) is 0 Å². The highest BCUT2D eigenvalue weighted by atomic mass is 16.6. The lowest BCUT2D eigenvalue weighted by Gasteiger charge is -2.10. The fourth-order valence-electron chi connectivity index (χ4n) is 2.54. The molecule has 3 aromatic rings. The summed E-state index contributed by atoms with van der Waals surface area (Å²) in [6, 6.07) is 14.6. The third-order valence-corrected chi connectivity index (χ3v) is 3.61. The van der Waals surface area contributed by atoms with E-state index in [9.17, 15) is 10.1 Å². The van der Waals surface area contributed by atoms with E-state index in [-0.39, 0.29) is 10.6 Å². The van der Waals surface area contributed by atoms with Crippen molar-refractivity contribution in [1.82, 2.24) is 4.98 Å². The summed E-state index contributed by atoms with van der Waals surface area (Å²) in [5, 5.41) is 15.0. The molecule has 0 unspecified atom stereocenters. The van der Waals surface area contributed by atoms with Crippen LogP contribution in [0, 0.1) is 17.0 Å². The number of nitro groups is 1. The van der Waals surface area contributed by atoms with E-state index in [1.54, 1.807) is 30.5 Å². The first-order valence-corrected chi connectivity index (χ1v) is 7.60. The molecule has 1 aromatic heterocycles. The normalized spacial score (nSPS) is 10.5. The van der Waals surface area contributed by atoms with Gasteiger partial charge in [0.15, 0.2) is 0 Å². The van der Waals surface area contributed by atoms with Gasteiger partial charge in [0.05, 0.1) is 15.8 Å². The van der Waals surface area contributed by atoms with Crippen molar-refractivity contribution >= 4 is 22.3 Å². The lowest BCUT2D eigenvalue weighted by Crippen LogP contribution is -2.12. The van der Waals surface area contributed by atoms with Crippen LogP contribution >= 0.6 is 0 Å². The van der Waals surface area contributed by atoms with Crippen molar-refractivity contribution < 1.29 is 9.66 Å². The molecule has 3 rings (SSSR count).